The first kappa shape index (κ1) is 12.5. The van der Waals surface area contributed by atoms with Crippen LogP contribution in [0.25, 0.3) is 0 Å². The van der Waals surface area contributed by atoms with Crippen LogP contribution in [-0.2, 0) is 15.3 Å². The first-order valence-corrected chi connectivity index (χ1v) is 7.49. The number of hydrogen-bond acceptors (Lipinski definition) is 3. The van der Waals surface area contributed by atoms with Crippen molar-refractivity contribution in [3.05, 3.63) is 29.6 Å². The molecule has 0 heterocycles. The highest BCUT2D eigenvalue weighted by molar-refractivity contribution is 7.90. The molecule has 2 N–H and O–H groups in total. The fourth-order valence-electron chi connectivity index (χ4n) is 2.49. The largest absolute Gasteiger partial charge is 0.330 e. The number of halogens is 1. The molecule has 0 radical (unpaired) electrons. The maximum absolute atomic E-state index is 13.8. The second-order valence-corrected chi connectivity index (χ2v) is 6.68. The zero-order chi connectivity index (χ0) is 12.7. The molecule has 0 unspecified atom stereocenters. The summed E-state index contributed by atoms with van der Waals surface area (Å²) in [6.07, 6.45) is 3.71. The van der Waals surface area contributed by atoms with Crippen LogP contribution in [0.1, 0.15) is 24.8 Å². The van der Waals surface area contributed by atoms with Crippen molar-refractivity contribution in [2.75, 3.05) is 12.8 Å². The van der Waals surface area contributed by atoms with Gasteiger partial charge in [0.05, 0.1) is 0 Å². The van der Waals surface area contributed by atoms with Crippen LogP contribution in [0, 0.1) is 5.82 Å². The van der Waals surface area contributed by atoms with Gasteiger partial charge in [0.2, 0.25) is 0 Å². The predicted octanol–water partition coefficient (Wildman–Crippen LogP) is 1.61. The quantitative estimate of drug-likeness (QED) is 0.895. The van der Waals surface area contributed by atoms with E-state index in [-0.39, 0.29) is 10.3 Å². The van der Waals surface area contributed by atoms with E-state index in [4.69, 9.17) is 5.73 Å². The third kappa shape index (κ3) is 1.98. The molecule has 1 aromatic rings. The lowest BCUT2D eigenvalue weighted by Crippen LogP contribution is -2.42. The Labute approximate surface area is 101 Å². The fraction of sp³-hybridized carbons (Fsp3) is 0.500. The maximum atomic E-state index is 13.8. The van der Waals surface area contributed by atoms with E-state index in [0.29, 0.717) is 12.1 Å². The smallest absolute Gasteiger partial charge is 0.178 e. The van der Waals surface area contributed by atoms with Gasteiger partial charge in [0, 0.05) is 18.2 Å². The van der Waals surface area contributed by atoms with Crippen LogP contribution in [0.5, 0.6) is 0 Å². The highest BCUT2D eigenvalue weighted by Gasteiger charge is 2.41. The lowest BCUT2D eigenvalue weighted by atomic mass is 9.64. The van der Waals surface area contributed by atoms with Gasteiger partial charge in [0.25, 0.3) is 0 Å². The van der Waals surface area contributed by atoms with E-state index in [1.54, 1.807) is 12.1 Å². The zero-order valence-corrected chi connectivity index (χ0v) is 10.6. The molecule has 94 valence electrons. The number of nitrogens with two attached hydrogens (primary N) is 1. The Morgan fingerprint density at radius 2 is 2.06 bits per heavy atom. The second-order valence-electron chi connectivity index (χ2n) is 4.73. The van der Waals surface area contributed by atoms with Gasteiger partial charge in [-0.2, -0.15) is 0 Å². The van der Waals surface area contributed by atoms with E-state index in [1.807, 2.05) is 0 Å². The molecule has 1 aliphatic rings. The highest BCUT2D eigenvalue weighted by Crippen LogP contribution is 2.45. The van der Waals surface area contributed by atoms with Crippen LogP contribution >= 0.6 is 0 Å². The van der Waals surface area contributed by atoms with Crippen LogP contribution in [0.4, 0.5) is 4.39 Å². The standard InChI is InChI=1S/C12H16FNO2S/c1-17(15,16)11-9(4-2-5-10(11)13)12(8-14)6-3-7-12/h2,4-5H,3,6-8,14H2,1H3. The zero-order valence-electron chi connectivity index (χ0n) is 9.74. The van der Waals surface area contributed by atoms with Crippen LogP contribution in [0.2, 0.25) is 0 Å². The molecule has 0 spiro atoms. The molecule has 1 fully saturated rings. The maximum Gasteiger partial charge on any atom is 0.178 e. The highest BCUT2D eigenvalue weighted by atomic mass is 32.2. The average molecular weight is 257 g/mol. The molecule has 5 heteroatoms. The molecular weight excluding hydrogens is 241 g/mol. The third-order valence-corrected chi connectivity index (χ3v) is 4.77. The average Bonchev–Trinajstić information content (AvgIpc) is 2.14. The minimum atomic E-state index is -3.56. The monoisotopic (exact) mass is 257 g/mol. The summed E-state index contributed by atoms with van der Waals surface area (Å²) in [5, 5.41) is 0. The fourth-order valence-corrected chi connectivity index (χ4v) is 3.60. The second kappa shape index (κ2) is 4.07. The van der Waals surface area contributed by atoms with Gasteiger partial charge in [-0.3, -0.25) is 0 Å². The summed E-state index contributed by atoms with van der Waals surface area (Å²) in [7, 11) is -3.56. The molecule has 1 saturated carbocycles. The topological polar surface area (TPSA) is 60.2 Å². The van der Waals surface area contributed by atoms with Crippen molar-refractivity contribution in [1.29, 1.82) is 0 Å². The third-order valence-electron chi connectivity index (χ3n) is 3.61. The molecule has 17 heavy (non-hydrogen) atoms. The Balaban J connectivity index is 2.66. The molecule has 0 saturated heterocycles. The Morgan fingerprint density at radius 1 is 1.41 bits per heavy atom. The predicted molar refractivity (Wildman–Crippen MR) is 64.1 cm³/mol. The van der Waals surface area contributed by atoms with Crippen LogP contribution in [0.15, 0.2) is 23.1 Å². The summed E-state index contributed by atoms with van der Waals surface area (Å²) in [4.78, 5) is -0.176. The van der Waals surface area contributed by atoms with E-state index in [0.717, 1.165) is 25.5 Å². The Hall–Kier alpha value is -0.940. The minimum Gasteiger partial charge on any atom is -0.330 e. The number of rotatable bonds is 3. The molecule has 0 amide bonds. The summed E-state index contributed by atoms with van der Waals surface area (Å²) < 4.78 is 37.1. The van der Waals surface area contributed by atoms with Crippen LogP contribution < -0.4 is 5.73 Å². The SMILES string of the molecule is CS(=O)(=O)c1c(F)cccc1C1(CN)CCC1. The molecule has 0 bridgehead atoms. The van der Waals surface area contributed by atoms with E-state index in [1.165, 1.54) is 6.07 Å². The molecule has 0 aromatic heterocycles. The van der Waals surface area contributed by atoms with Gasteiger partial charge in [-0.15, -0.1) is 0 Å². The first-order chi connectivity index (χ1) is 7.91. The number of hydrogen-bond donors (Lipinski definition) is 1. The summed E-state index contributed by atoms with van der Waals surface area (Å²) in [6.45, 7) is 0.360. The summed E-state index contributed by atoms with van der Waals surface area (Å²) in [5.41, 5.74) is 5.95. The normalized spacial score (nSPS) is 18.8. The van der Waals surface area contributed by atoms with Crippen molar-refractivity contribution in [3.63, 3.8) is 0 Å². The minimum absolute atomic E-state index is 0.176. The number of benzene rings is 1. The molecule has 0 aliphatic heterocycles. The van der Waals surface area contributed by atoms with Gasteiger partial charge in [-0.05, 0) is 24.5 Å². The Morgan fingerprint density at radius 3 is 2.47 bits per heavy atom. The lowest BCUT2D eigenvalue weighted by Gasteiger charge is -2.42. The van der Waals surface area contributed by atoms with E-state index < -0.39 is 15.7 Å². The molecular formula is C12H16FNO2S. The lowest BCUT2D eigenvalue weighted by molar-refractivity contribution is 0.246. The van der Waals surface area contributed by atoms with E-state index >= 15 is 0 Å². The van der Waals surface area contributed by atoms with E-state index in [9.17, 15) is 12.8 Å². The molecule has 1 aliphatic carbocycles. The molecule has 1 aromatic carbocycles. The van der Waals surface area contributed by atoms with Crippen molar-refractivity contribution < 1.29 is 12.8 Å². The van der Waals surface area contributed by atoms with Crippen molar-refractivity contribution in [1.82, 2.24) is 0 Å². The summed E-state index contributed by atoms with van der Waals surface area (Å²) >= 11 is 0. The summed E-state index contributed by atoms with van der Waals surface area (Å²) in [5.74, 6) is -0.676. The van der Waals surface area contributed by atoms with Crippen molar-refractivity contribution >= 4 is 9.84 Å². The van der Waals surface area contributed by atoms with Crippen LogP contribution in [-0.4, -0.2) is 21.2 Å². The van der Waals surface area contributed by atoms with Gasteiger partial charge < -0.3 is 5.73 Å². The van der Waals surface area contributed by atoms with Crippen molar-refractivity contribution in [2.24, 2.45) is 5.73 Å². The Kier molecular flexibility index (Phi) is 2.99. The number of sulfone groups is 1. The molecule has 0 atom stereocenters. The van der Waals surface area contributed by atoms with Gasteiger partial charge in [0.1, 0.15) is 10.7 Å². The van der Waals surface area contributed by atoms with Gasteiger partial charge >= 0.3 is 0 Å². The molecule has 2 rings (SSSR count). The van der Waals surface area contributed by atoms with Gasteiger partial charge in [0.15, 0.2) is 9.84 Å². The molecule has 3 nitrogen and oxygen atoms in total. The van der Waals surface area contributed by atoms with Gasteiger partial charge in [-0.1, -0.05) is 18.6 Å². The van der Waals surface area contributed by atoms with E-state index in [2.05, 4.69) is 0 Å². The Bertz CT molecular complexity index is 530. The van der Waals surface area contributed by atoms with Crippen LogP contribution in [0.3, 0.4) is 0 Å². The first-order valence-electron chi connectivity index (χ1n) is 5.60. The summed E-state index contributed by atoms with van der Waals surface area (Å²) in [6, 6.07) is 4.42. The van der Waals surface area contributed by atoms with Crippen molar-refractivity contribution in [3.8, 4) is 0 Å². The van der Waals surface area contributed by atoms with Crippen molar-refractivity contribution in [2.45, 2.75) is 29.6 Å². The van der Waals surface area contributed by atoms with Gasteiger partial charge in [-0.25, -0.2) is 12.8 Å².